The molecule has 2 rings (SSSR count). The first-order valence-electron chi connectivity index (χ1n) is 4.67. The van der Waals surface area contributed by atoms with Gasteiger partial charge in [0.2, 0.25) is 5.95 Å². The summed E-state index contributed by atoms with van der Waals surface area (Å²) in [5, 5.41) is 7.23. The summed E-state index contributed by atoms with van der Waals surface area (Å²) >= 11 is 1.65. The van der Waals surface area contributed by atoms with E-state index in [1.807, 2.05) is 18.4 Å². The fourth-order valence-corrected chi connectivity index (χ4v) is 2.07. The third-order valence-corrected chi connectivity index (χ3v) is 2.82. The lowest BCUT2D eigenvalue weighted by Gasteiger charge is -2.12. The van der Waals surface area contributed by atoms with Crippen LogP contribution in [0.5, 0.6) is 0 Å². The van der Waals surface area contributed by atoms with Crippen LogP contribution in [0.4, 0.5) is 10.2 Å². The number of nitrogens with one attached hydrogen (secondary N) is 1. The Morgan fingerprint density at radius 1 is 1.40 bits per heavy atom. The zero-order chi connectivity index (χ0) is 10.7. The summed E-state index contributed by atoms with van der Waals surface area (Å²) < 4.78 is 12.8. The van der Waals surface area contributed by atoms with Crippen molar-refractivity contribution in [2.75, 3.05) is 5.32 Å². The maximum Gasteiger partial charge on any atom is 0.214 e. The lowest BCUT2D eigenvalue weighted by Crippen LogP contribution is -2.07. The van der Waals surface area contributed by atoms with E-state index in [0.717, 1.165) is 0 Å². The molecular weight excluding hydrogens is 211 g/mol. The van der Waals surface area contributed by atoms with Crippen LogP contribution in [0.25, 0.3) is 0 Å². The number of hydrogen-bond acceptors (Lipinski definition) is 3. The Balaban J connectivity index is 2.09. The number of rotatable bonds is 3. The van der Waals surface area contributed by atoms with Gasteiger partial charge in [-0.3, -0.25) is 0 Å². The number of thiophene rings is 1. The molecule has 0 saturated carbocycles. The molecule has 0 aliphatic heterocycles. The number of pyridine rings is 1. The van der Waals surface area contributed by atoms with Crippen LogP contribution in [0.15, 0.2) is 35.0 Å². The van der Waals surface area contributed by atoms with Gasteiger partial charge in [0, 0.05) is 0 Å². The monoisotopic (exact) mass is 222 g/mol. The van der Waals surface area contributed by atoms with Crippen LogP contribution < -0.4 is 5.32 Å². The maximum atomic E-state index is 12.8. The second-order valence-electron chi connectivity index (χ2n) is 3.27. The Hall–Kier alpha value is -1.42. The summed E-state index contributed by atoms with van der Waals surface area (Å²) in [6.45, 7) is 2.02. The van der Waals surface area contributed by atoms with Crippen LogP contribution in [-0.2, 0) is 0 Å². The van der Waals surface area contributed by atoms with Crippen molar-refractivity contribution < 1.29 is 4.39 Å². The molecule has 0 aromatic carbocycles. The van der Waals surface area contributed by atoms with Crippen molar-refractivity contribution in [2.45, 2.75) is 13.0 Å². The van der Waals surface area contributed by atoms with Gasteiger partial charge < -0.3 is 5.32 Å². The topological polar surface area (TPSA) is 24.9 Å². The predicted molar refractivity (Wildman–Crippen MR) is 60.6 cm³/mol. The van der Waals surface area contributed by atoms with Gasteiger partial charge in [-0.05, 0) is 41.4 Å². The molecule has 0 aliphatic rings. The van der Waals surface area contributed by atoms with E-state index in [9.17, 15) is 4.39 Å². The molecule has 0 radical (unpaired) electrons. The molecule has 4 heteroatoms. The van der Waals surface area contributed by atoms with E-state index in [2.05, 4.69) is 15.7 Å². The van der Waals surface area contributed by atoms with E-state index in [1.165, 1.54) is 11.6 Å². The molecule has 1 atom stereocenters. The molecule has 0 aliphatic carbocycles. The summed E-state index contributed by atoms with van der Waals surface area (Å²) in [7, 11) is 0. The van der Waals surface area contributed by atoms with Crippen molar-refractivity contribution in [3.05, 3.63) is 46.5 Å². The quantitative estimate of drug-likeness (QED) is 0.804. The molecule has 1 N–H and O–H groups in total. The van der Waals surface area contributed by atoms with Crippen molar-refractivity contribution in [2.24, 2.45) is 0 Å². The highest BCUT2D eigenvalue weighted by molar-refractivity contribution is 7.07. The van der Waals surface area contributed by atoms with Crippen LogP contribution >= 0.6 is 11.3 Å². The smallest absolute Gasteiger partial charge is 0.214 e. The van der Waals surface area contributed by atoms with E-state index in [1.54, 1.807) is 23.5 Å². The van der Waals surface area contributed by atoms with Crippen molar-refractivity contribution in [1.29, 1.82) is 0 Å². The molecule has 0 spiro atoms. The highest BCUT2D eigenvalue weighted by atomic mass is 32.1. The second kappa shape index (κ2) is 4.40. The predicted octanol–water partition coefficient (Wildman–Crippen LogP) is 3.46. The minimum Gasteiger partial charge on any atom is -0.363 e. The lowest BCUT2D eigenvalue weighted by atomic mass is 10.2. The Bertz CT molecular complexity index is 428. The molecule has 0 fully saturated rings. The van der Waals surface area contributed by atoms with Crippen LogP contribution in [0.1, 0.15) is 18.5 Å². The highest BCUT2D eigenvalue weighted by Crippen LogP contribution is 2.19. The van der Waals surface area contributed by atoms with Gasteiger partial charge in [-0.2, -0.15) is 15.7 Å². The molecule has 0 saturated heterocycles. The van der Waals surface area contributed by atoms with E-state index in [0.29, 0.717) is 5.82 Å². The van der Waals surface area contributed by atoms with Crippen molar-refractivity contribution in [1.82, 2.24) is 4.98 Å². The van der Waals surface area contributed by atoms with E-state index in [4.69, 9.17) is 0 Å². The molecule has 0 amide bonds. The minimum absolute atomic E-state index is 0.144. The van der Waals surface area contributed by atoms with Crippen molar-refractivity contribution in [3.8, 4) is 0 Å². The van der Waals surface area contributed by atoms with Gasteiger partial charge in [-0.1, -0.05) is 6.07 Å². The SMILES string of the molecule is CC(Nc1cccc(F)n1)c1ccsc1. The summed E-state index contributed by atoms with van der Waals surface area (Å²) in [6, 6.07) is 6.92. The zero-order valence-corrected chi connectivity index (χ0v) is 9.09. The molecule has 78 valence electrons. The maximum absolute atomic E-state index is 12.8. The normalized spacial score (nSPS) is 12.4. The van der Waals surface area contributed by atoms with Gasteiger partial charge in [-0.25, -0.2) is 4.98 Å². The number of nitrogens with zero attached hydrogens (tertiary/aromatic N) is 1. The fourth-order valence-electron chi connectivity index (χ4n) is 1.32. The average Bonchev–Trinajstić information content (AvgIpc) is 2.70. The van der Waals surface area contributed by atoms with E-state index < -0.39 is 5.95 Å². The number of anilines is 1. The molecule has 15 heavy (non-hydrogen) atoms. The highest BCUT2D eigenvalue weighted by Gasteiger charge is 2.06. The van der Waals surface area contributed by atoms with Gasteiger partial charge >= 0.3 is 0 Å². The summed E-state index contributed by atoms with van der Waals surface area (Å²) in [5.74, 6) is 0.103. The van der Waals surface area contributed by atoms with Gasteiger partial charge in [-0.15, -0.1) is 0 Å². The molecule has 2 nitrogen and oxygen atoms in total. The third kappa shape index (κ3) is 2.53. The second-order valence-corrected chi connectivity index (χ2v) is 4.05. The first-order chi connectivity index (χ1) is 7.25. The Morgan fingerprint density at radius 3 is 2.93 bits per heavy atom. The number of halogens is 1. The summed E-state index contributed by atoms with van der Waals surface area (Å²) in [6.07, 6.45) is 0. The number of hydrogen-bond donors (Lipinski definition) is 1. The third-order valence-electron chi connectivity index (χ3n) is 2.12. The van der Waals surface area contributed by atoms with Gasteiger partial charge in [0.1, 0.15) is 5.82 Å². The zero-order valence-electron chi connectivity index (χ0n) is 8.27. The molecular formula is C11H11FN2S. The van der Waals surface area contributed by atoms with Crippen molar-refractivity contribution in [3.63, 3.8) is 0 Å². The minimum atomic E-state index is -0.461. The van der Waals surface area contributed by atoms with E-state index >= 15 is 0 Å². The molecule has 1 unspecified atom stereocenters. The summed E-state index contributed by atoms with van der Waals surface area (Å²) in [4.78, 5) is 3.75. The average molecular weight is 222 g/mol. The van der Waals surface area contributed by atoms with Crippen LogP contribution in [-0.4, -0.2) is 4.98 Å². The molecule has 2 aromatic rings. The standard InChI is InChI=1S/C11H11FN2S/c1-8(9-5-6-15-7-9)13-11-4-2-3-10(12)14-11/h2-8H,1H3,(H,13,14). The van der Waals surface area contributed by atoms with Crippen LogP contribution in [0.2, 0.25) is 0 Å². The lowest BCUT2D eigenvalue weighted by molar-refractivity contribution is 0.584. The summed E-state index contributed by atoms with van der Waals surface area (Å²) in [5.41, 5.74) is 1.19. The van der Waals surface area contributed by atoms with Crippen molar-refractivity contribution >= 4 is 17.2 Å². The van der Waals surface area contributed by atoms with Gasteiger partial charge in [0.25, 0.3) is 0 Å². The Kier molecular flexibility index (Phi) is 2.97. The first kappa shape index (κ1) is 10.1. The number of aromatic nitrogens is 1. The molecule has 2 heterocycles. The van der Waals surface area contributed by atoms with Crippen LogP contribution in [0, 0.1) is 5.95 Å². The van der Waals surface area contributed by atoms with E-state index in [-0.39, 0.29) is 6.04 Å². The molecule has 2 aromatic heterocycles. The van der Waals surface area contributed by atoms with Gasteiger partial charge in [0.15, 0.2) is 0 Å². The van der Waals surface area contributed by atoms with Gasteiger partial charge in [0.05, 0.1) is 6.04 Å². The largest absolute Gasteiger partial charge is 0.363 e. The molecule has 0 bridgehead atoms. The fraction of sp³-hybridized carbons (Fsp3) is 0.182. The Labute approximate surface area is 91.8 Å². The Morgan fingerprint density at radius 2 is 2.27 bits per heavy atom. The first-order valence-corrected chi connectivity index (χ1v) is 5.61. The van der Waals surface area contributed by atoms with Crippen LogP contribution in [0.3, 0.4) is 0 Å².